The van der Waals surface area contributed by atoms with Gasteiger partial charge in [-0.2, -0.15) is 0 Å². The zero-order chi connectivity index (χ0) is 15.4. The molecule has 1 amide bonds. The normalized spacial score (nSPS) is 10.3. The highest BCUT2D eigenvalue weighted by Crippen LogP contribution is 2.25. The van der Waals surface area contributed by atoms with Gasteiger partial charge in [0, 0.05) is 6.07 Å². The molecule has 6 heteroatoms. The Hall–Kier alpha value is -1.95. The highest BCUT2D eigenvalue weighted by Gasteiger charge is 2.15. The lowest BCUT2D eigenvalue weighted by Crippen LogP contribution is -2.15. The van der Waals surface area contributed by atoms with Gasteiger partial charge < -0.3 is 10.1 Å². The maximum absolute atomic E-state index is 13.7. The van der Waals surface area contributed by atoms with E-state index in [1.165, 1.54) is 0 Å². The first kappa shape index (κ1) is 15.4. The Balaban J connectivity index is 2.28. The number of ether oxygens (including phenoxy) is 1. The van der Waals surface area contributed by atoms with Crippen molar-refractivity contribution in [2.45, 2.75) is 6.92 Å². The van der Waals surface area contributed by atoms with Crippen LogP contribution in [0.5, 0.6) is 5.75 Å². The molecule has 0 spiro atoms. The van der Waals surface area contributed by atoms with E-state index in [1.54, 1.807) is 31.2 Å². The van der Waals surface area contributed by atoms with E-state index in [0.29, 0.717) is 12.4 Å². The third kappa shape index (κ3) is 3.58. The molecular weight excluding hydrogens is 344 g/mol. The summed E-state index contributed by atoms with van der Waals surface area (Å²) in [4.78, 5) is 12.2. The molecule has 0 fully saturated rings. The molecule has 0 aliphatic heterocycles. The lowest BCUT2D eigenvalue weighted by atomic mass is 10.2. The fourth-order valence-electron chi connectivity index (χ4n) is 1.74. The average molecular weight is 356 g/mol. The largest absolute Gasteiger partial charge is 0.493 e. The van der Waals surface area contributed by atoms with Crippen LogP contribution >= 0.6 is 15.9 Å². The summed E-state index contributed by atoms with van der Waals surface area (Å²) < 4.78 is 32.5. The Bertz CT molecular complexity index is 677. The summed E-state index contributed by atoms with van der Waals surface area (Å²) in [6.07, 6.45) is 0. The summed E-state index contributed by atoms with van der Waals surface area (Å²) in [6.45, 7) is 2.18. The number of amides is 1. The van der Waals surface area contributed by atoms with Gasteiger partial charge in [-0.15, -0.1) is 0 Å². The number of carbonyl (C=O) groups excluding carboxylic acids is 1. The number of para-hydroxylation sites is 1. The number of nitrogens with one attached hydrogen (secondary N) is 1. The van der Waals surface area contributed by atoms with Crippen molar-refractivity contribution < 1.29 is 18.3 Å². The number of hydrogen-bond donors (Lipinski definition) is 1. The Morgan fingerprint density at radius 1 is 1.24 bits per heavy atom. The monoisotopic (exact) mass is 355 g/mol. The molecule has 0 saturated carbocycles. The van der Waals surface area contributed by atoms with E-state index in [0.717, 1.165) is 12.1 Å². The number of hydrogen-bond acceptors (Lipinski definition) is 2. The predicted octanol–water partition coefficient (Wildman–Crippen LogP) is 4.38. The molecule has 2 aromatic carbocycles. The summed E-state index contributed by atoms with van der Waals surface area (Å²) in [5, 5.41) is 2.34. The van der Waals surface area contributed by atoms with Gasteiger partial charge in [-0.05, 0) is 41.1 Å². The third-order valence-electron chi connectivity index (χ3n) is 2.69. The van der Waals surface area contributed by atoms with E-state index in [-0.39, 0.29) is 15.7 Å². The number of halogens is 3. The summed E-state index contributed by atoms with van der Waals surface area (Å²) in [5.74, 6) is -1.58. The van der Waals surface area contributed by atoms with E-state index in [4.69, 9.17) is 4.74 Å². The van der Waals surface area contributed by atoms with Crippen LogP contribution in [0.25, 0.3) is 0 Å². The fourth-order valence-corrected chi connectivity index (χ4v) is 2.06. The van der Waals surface area contributed by atoms with E-state index in [2.05, 4.69) is 21.2 Å². The quantitative estimate of drug-likeness (QED) is 0.826. The molecule has 2 aromatic rings. The molecule has 110 valence electrons. The fraction of sp³-hybridized carbons (Fsp3) is 0.133. The molecule has 21 heavy (non-hydrogen) atoms. The second-order valence-corrected chi connectivity index (χ2v) is 4.98. The number of carbonyl (C=O) groups is 1. The average Bonchev–Trinajstić information content (AvgIpc) is 2.45. The zero-order valence-electron chi connectivity index (χ0n) is 11.1. The summed E-state index contributed by atoms with van der Waals surface area (Å²) >= 11 is 2.88. The van der Waals surface area contributed by atoms with Gasteiger partial charge in [-0.1, -0.05) is 12.1 Å². The van der Waals surface area contributed by atoms with Gasteiger partial charge in [0.1, 0.15) is 17.4 Å². The van der Waals surface area contributed by atoms with Crippen LogP contribution in [0.4, 0.5) is 14.5 Å². The van der Waals surface area contributed by atoms with E-state index in [1.807, 2.05) is 0 Å². The Morgan fingerprint density at radius 2 is 1.95 bits per heavy atom. The first-order valence-corrected chi connectivity index (χ1v) is 7.00. The zero-order valence-corrected chi connectivity index (χ0v) is 12.7. The van der Waals surface area contributed by atoms with Crippen molar-refractivity contribution >= 4 is 27.5 Å². The molecule has 0 aliphatic rings. The molecule has 0 unspecified atom stereocenters. The van der Waals surface area contributed by atoms with Crippen molar-refractivity contribution in [3.8, 4) is 5.75 Å². The summed E-state index contributed by atoms with van der Waals surface area (Å²) in [7, 11) is 0. The van der Waals surface area contributed by atoms with Crippen LogP contribution in [0.3, 0.4) is 0 Å². The van der Waals surface area contributed by atoms with Crippen LogP contribution in [0.15, 0.2) is 40.9 Å². The van der Waals surface area contributed by atoms with Gasteiger partial charge in [-0.25, -0.2) is 8.78 Å². The molecule has 0 atom stereocenters. The third-order valence-corrected chi connectivity index (χ3v) is 3.30. The van der Waals surface area contributed by atoms with Gasteiger partial charge in [0.25, 0.3) is 5.91 Å². The summed E-state index contributed by atoms with van der Waals surface area (Å²) in [5.41, 5.74) is 0.0223. The van der Waals surface area contributed by atoms with Crippen LogP contribution < -0.4 is 10.1 Å². The molecule has 0 aliphatic carbocycles. The second kappa shape index (κ2) is 6.67. The Morgan fingerprint density at radius 3 is 2.67 bits per heavy atom. The van der Waals surface area contributed by atoms with Gasteiger partial charge >= 0.3 is 0 Å². The van der Waals surface area contributed by atoms with Crippen molar-refractivity contribution in [3.63, 3.8) is 0 Å². The first-order valence-electron chi connectivity index (χ1n) is 6.20. The summed E-state index contributed by atoms with van der Waals surface area (Å²) in [6, 6.07) is 8.45. The van der Waals surface area contributed by atoms with Crippen molar-refractivity contribution in [2.24, 2.45) is 0 Å². The second-order valence-electron chi connectivity index (χ2n) is 4.13. The molecule has 0 bridgehead atoms. The van der Waals surface area contributed by atoms with E-state index in [9.17, 15) is 13.6 Å². The van der Waals surface area contributed by atoms with Gasteiger partial charge in [0.15, 0.2) is 0 Å². The lowest BCUT2D eigenvalue weighted by Gasteiger charge is -2.11. The van der Waals surface area contributed by atoms with Gasteiger partial charge in [0.05, 0.1) is 22.3 Å². The molecule has 0 radical (unpaired) electrons. The minimum Gasteiger partial charge on any atom is -0.493 e. The minimum atomic E-state index is -0.731. The molecule has 0 saturated heterocycles. The van der Waals surface area contributed by atoms with E-state index >= 15 is 0 Å². The van der Waals surface area contributed by atoms with Crippen LogP contribution in [0, 0.1) is 11.6 Å². The highest BCUT2D eigenvalue weighted by atomic mass is 79.9. The van der Waals surface area contributed by atoms with E-state index < -0.39 is 17.5 Å². The molecular formula is C15H12BrF2NO2. The number of anilines is 1. The van der Waals surface area contributed by atoms with Crippen LogP contribution in [-0.4, -0.2) is 12.5 Å². The van der Waals surface area contributed by atoms with Crippen molar-refractivity contribution in [2.75, 3.05) is 11.9 Å². The van der Waals surface area contributed by atoms with Crippen molar-refractivity contribution in [3.05, 3.63) is 58.1 Å². The maximum atomic E-state index is 13.7. The minimum absolute atomic E-state index is 0.00674. The topological polar surface area (TPSA) is 38.3 Å². The van der Waals surface area contributed by atoms with Crippen LogP contribution in [0.1, 0.15) is 17.3 Å². The smallest absolute Gasteiger partial charge is 0.259 e. The van der Waals surface area contributed by atoms with Crippen LogP contribution in [-0.2, 0) is 0 Å². The Kier molecular flexibility index (Phi) is 4.90. The van der Waals surface area contributed by atoms with Crippen molar-refractivity contribution in [1.82, 2.24) is 0 Å². The SMILES string of the molecule is CCOc1ccccc1C(=O)Nc1cc(F)c(Br)cc1F. The van der Waals surface area contributed by atoms with Gasteiger partial charge in [-0.3, -0.25) is 4.79 Å². The first-order chi connectivity index (χ1) is 10.0. The molecule has 2 rings (SSSR count). The predicted molar refractivity (Wildman–Crippen MR) is 79.6 cm³/mol. The maximum Gasteiger partial charge on any atom is 0.259 e. The van der Waals surface area contributed by atoms with Crippen LogP contribution in [0.2, 0.25) is 0 Å². The lowest BCUT2D eigenvalue weighted by molar-refractivity contribution is 0.102. The Labute approximate surface area is 129 Å². The molecule has 1 N–H and O–H groups in total. The van der Waals surface area contributed by atoms with Crippen molar-refractivity contribution in [1.29, 1.82) is 0 Å². The molecule has 3 nitrogen and oxygen atoms in total. The number of benzene rings is 2. The van der Waals surface area contributed by atoms with Gasteiger partial charge in [0.2, 0.25) is 0 Å². The highest BCUT2D eigenvalue weighted by molar-refractivity contribution is 9.10. The molecule has 0 heterocycles. The standard InChI is InChI=1S/C15H12BrF2NO2/c1-2-21-14-6-4-3-5-9(14)15(20)19-13-8-11(17)10(16)7-12(13)18/h3-8H,2H2,1H3,(H,19,20). The number of rotatable bonds is 4. The molecule has 0 aromatic heterocycles.